The molecule has 0 unspecified atom stereocenters. The number of nitrogens with one attached hydrogen (secondary N) is 2. The highest BCUT2D eigenvalue weighted by Gasteiger charge is 2.03. The standard InChI is InChI=1S/C21H27ClN2O2/c1-2-3-4-5-6-14-26-20-12-10-18(11-13-20)24-21(25)16-23-19-9-7-8-17(22)15-19/h7-13,15,23H,2-6,14,16H2,1H3,(H,24,25). The summed E-state index contributed by atoms with van der Waals surface area (Å²) in [6.07, 6.45) is 6.10. The maximum absolute atomic E-state index is 12.0. The molecule has 0 saturated heterocycles. The van der Waals surface area contributed by atoms with Gasteiger partial charge in [-0.3, -0.25) is 4.79 Å². The minimum atomic E-state index is -0.116. The predicted molar refractivity (Wildman–Crippen MR) is 109 cm³/mol. The second-order valence-electron chi connectivity index (χ2n) is 6.20. The van der Waals surface area contributed by atoms with Crippen LogP contribution in [0.1, 0.15) is 39.0 Å². The summed E-state index contributed by atoms with van der Waals surface area (Å²) in [5.74, 6) is 0.713. The highest BCUT2D eigenvalue weighted by Crippen LogP contribution is 2.17. The zero-order chi connectivity index (χ0) is 18.6. The van der Waals surface area contributed by atoms with Gasteiger partial charge in [0.25, 0.3) is 0 Å². The highest BCUT2D eigenvalue weighted by atomic mass is 35.5. The Hall–Kier alpha value is -2.20. The number of carbonyl (C=O) groups is 1. The van der Waals surface area contributed by atoms with Gasteiger partial charge in [0.1, 0.15) is 5.75 Å². The molecule has 0 aliphatic carbocycles. The van der Waals surface area contributed by atoms with Crippen molar-refractivity contribution < 1.29 is 9.53 Å². The van der Waals surface area contributed by atoms with Gasteiger partial charge in [-0.15, -0.1) is 0 Å². The summed E-state index contributed by atoms with van der Waals surface area (Å²) in [5, 5.41) is 6.53. The van der Waals surface area contributed by atoms with Gasteiger partial charge in [0.05, 0.1) is 13.2 Å². The van der Waals surface area contributed by atoms with Crippen molar-refractivity contribution in [2.75, 3.05) is 23.8 Å². The van der Waals surface area contributed by atoms with Crippen molar-refractivity contribution in [3.05, 3.63) is 53.6 Å². The third-order valence-corrected chi connectivity index (χ3v) is 4.17. The van der Waals surface area contributed by atoms with E-state index in [4.69, 9.17) is 16.3 Å². The smallest absolute Gasteiger partial charge is 0.243 e. The van der Waals surface area contributed by atoms with E-state index in [0.29, 0.717) is 5.02 Å². The van der Waals surface area contributed by atoms with Gasteiger partial charge in [0.2, 0.25) is 5.91 Å². The van der Waals surface area contributed by atoms with Gasteiger partial charge in [-0.2, -0.15) is 0 Å². The first-order valence-corrected chi connectivity index (χ1v) is 9.57. The summed E-state index contributed by atoms with van der Waals surface area (Å²) in [5.41, 5.74) is 1.56. The second-order valence-corrected chi connectivity index (χ2v) is 6.64. The van der Waals surface area contributed by atoms with E-state index in [2.05, 4.69) is 17.6 Å². The van der Waals surface area contributed by atoms with E-state index < -0.39 is 0 Å². The normalized spacial score (nSPS) is 10.4. The van der Waals surface area contributed by atoms with E-state index in [1.165, 1.54) is 25.7 Å². The van der Waals surface area contributed by atoms with Crippen LogP contribution in [0.3, 0.4) is 0 Å². The first-order chi connectivity index (χ1) is 12.7. The third-order valence-electron chi connectivity index (χ3n) is 3.93. The van der Waals surface area contributed by atoms with E-state index in [0.717, 1.165) is 30.2 Å². The van der Waals surface area contributed by atoms with E-state index >= 15 is 0 Å². The number of unbranched alkanes of at least 4 members (excludes halogenated alkanes) is 4. The van der Waals surface area contributed by atoms with Crippen LogP contribution in [0.25, 0.3) is 0 Å². The topological polar surface area (TPSA) is 50.4 Å². The fraction of sp³-hybridized carbons (Fsp3) is 0.381. The van der Waals surface area contributed by atoms with Crippen molar-refractivity contribution in [3.63, 3.8) is 0 Å². The summed E-state index contributed by atoms with van der Waals surface area (Å²) in [4.78, 5) is 12.0. The molecule has 0 bridgehead atoms. The Bertz CT molecular complexity index is 674. The zero-order valence-corrected chi connectivity index (χ0v) is 16.0. The van der Waals surface area contributed by atoms with Crippen LogP contribution in [0.2, 0.25) is 5.02 Å². The SMILES string of the molecule is CCCCCCCOc1ccc(NC(=O)CNc2cccc(Cl)c2)cc1. The number of ether oxygens (including phenoxy) is 1. The quantitative estimate of drug-likeness (QED) is 0.493. The molecule has 2 aromatic rings. The lowest BCUT2D eigenvalue weighted by Gasteiger charge is -2.10. The maximum atomic E-state index is 12.0. The van der Waals surface area contributed by atoms with Gasteiger partial charge >= 0.3 is 0 Å². The van der Waals surface area contributed by atoms with Crippen molar-refractivity contribution in [2.24, 2.45) is 0 Å². The fourth-order valence-electron chi connectivity index (χ4n) is 2.52. The molecule has 5 heteroatoms. The summed E-state index contributed by atoms with van der Waals surface area (Å²) >= 11 is 5.92. The van der Waals surface area contributed by atoms with Gasteiger partial charge in [-0.1, -0.05) is 50.3 Å². The molecule has 0 spiro atoms. The molecule has 0 aliphatic rings. The van der Waals surface area contributed by atoms with E-state index in [-0.39, 0.29) is 12.5 Å². The molecule has 2 N–H and O–H groups in total. The minimum Gasteiger partial charge on any atom is -0.494 e. The number of hydrogen-bond acceptors (Lipinski definition) is 3. The molecule has 0 aliphatic heterocycles. The van der Waals surface area contributed by atoms with Crippen molar-refractivity contribution >= 4 is 28.9 Å². The lowest BCUT2D eigenvalue weighted by molar-refractivity contribution is -0.114. The van der Waals surface area contributed by atoms with Gasteiger partial charge in [-0.05, 0) is 48.9 Å². The van der Waals surface area contributed by atoms with Gasteiger partial charge in [0.15, 0.2) is 0 Å². The molecule has 26 heavy (non-hydrogen) atoms. The summed E-state index contributed by atoms with van der Waals surface area (Å²) in [7, 11) is 0. The summed E-state index contributed by atoms with van der Waals surface area (Å²) < 4.78 is 5.73. The Balaban J connectivity index is 1.68. The summed E-state index contributed by atoms with van der Waals surface area (Å²) in [6, 6.07) is 14.7. The second kappa shape index (κ2) is 11.4. The molecule has 0 fully saturated rings. The number of rotatable bonds is 11. The molecule has 0 heterocycles. The maximum Gasteiger partial charge on any atom is 0.243 e. The van der Waals surface area contributed by atoms with Crippen LogP contribution in [0, 0.1) is 0 Å². The lowest BCUT2D eigenvalue weighted by Crippen LogP contribution is -2.21. The number of carbonyl (C=O) groups excluding carboxylic acids is 1. The van der Waals surface area contributed by atoms with Crippen LogP contribution in [0.4, 0.5) is 11.4 Å². The summed E-state index contributed by atoms with van der Waals surface area (Å²) in [6.45, 7) is 3.12. The van der Waals surface area contributed by atoms with Crippen molar-refractivity contribution in [1.29, 1.82) is 0 Å². The molecular formula is C21H27ClN2O2. The molecule has 0 aromatic heterocycles. The lowest BCUT2D eigenvalue weighted by atomic mass is 10.2. The molecule has 2 aromatic carbocycles. The minimum absolute atomic E-state index is 0.116. The number of anilines is 2. The van der Waals surface area contributed by atoms with Crippen LogP contribution in [0.5, 0.6) is 5.75 Å². The molecule has 0 saturated carbocycles. The fourth-order valence-corrected chi connectivity index (χ4v) is 2.71. The number of benzene rings is 2. The van der Waals surface area contributed by atoms with Gasteiger partial charge < -0.3 is 15.4 Å². The Labute approximate surface area is 160 Å². The van der Waals surface area contributed by atoms with Crippen LogP contribution < -0.4 is 15.4 Å². The molecule has 2 rings (SSSR count). The predicted octanol–water partition coefficient (Wildman–Crippen LogP) is 5.74. The molecule has 0 atom stereocenters. The van der Waals surface area contributed by atoms with Crippen LogP contribution in [0.15, 0.2) is 48.5 Å². The third kappa shape index (κ3) is 7.79. The van der Waals surface area contributed by atoms with Crippen LogP contribution >= 0.6 is 11.6 Å². The molecule has 4 nitrogen and oxygen atoms in total. The Morgan fingerprint density at radius 2 is 1.77 bits per heavy atom. The average Bonchev–Trinajstić information content (AvgIpc) is 2.64. The largest absolute Gasteiger partial charge is 0.494 e. The molecule has 1 amide bonds. The monoisotopic (exact) mass is 374 g/mol. The number of amides is 1. The Kier molecular flexibility index (Phi) is 8.84. The molecule has 0 radical (unpaired) electrons. The average molecular weight is 375 g/mol. The number of halogens is 1. The number of hydrogen-bond donors (Lipinski definition) is 2. The highest BCUT2D eigenvalue weighted by molar-refractivity contribution is 6.30. The van der Waals surface area contributed by atoms with E-state index in [1.807, 2.05) is 36.4 Å². The van der Waals surface area contributed by atoms with Crippen molar-refractivity contribution in [1.82, 2.24) is 0 Å². The first-order valence-electron chi connectivity index (χ1n) is 9.19. The van der Waals surface area contributed by atoms with Gasteiger partial charge in [-0.25, -0.2) is 0 Å². The van der Waals surface area contributed by atoms with Crippen molar-refractivity contribution in [2.45, 2.75) is 39.0 Å². The van der Waals surface area contributed by atoms with Gasteiger partial charge in [0, 0.05) is 16.4 Å². The van der Waals surface area contributed by atoms with E-state index in [9.17, 15) is 4.79 Å². The van der Waals surface area contributed by atoms with E-state index in [1.54, 1.807) is 12.1 Å². The Morgan fingerprint density at radius 3 is 2.50 bits per heavy atom. The van der Waals surface area contributed by atoms with Crippen molar-refractivity contribution in [3.8, 4) is 5.75 Å². The Morgan fingerprint density at radius 1 is 1.00 bits per heavy atom. The first kappa shape index (κ1) is 20.1. The molecular weight excluding hydrogens is 348 g/mol. The van der Waals surface area contributed by atoms with Crippen LogP contribution in [-0.2, 0) is 4.79 Å². The molecule has 140 valence electrons. The zero-order valence-electron chi connectivity index (χ0n) is 15.3. The van der Waals surface area contributed by atoms with Crippen LogP contribution in [-0.4, -0.2) is 19.1 Å².